The van der Waals surface area contributed by atoms with Gasteiger partial charge in [0.25, 0.3) is 5.91 Å². The number of hydrogen-bond acceptors (Lipinski definition) is 5. The first-order valence-corrected chi connectivity index (χ1v) is 9.31. The molecule has 2 aromatic heterocycles. The Balaban J connectivity index is 1.93. The van der Waals surface area contributed by atoms with E-state index in [2.05, 4.69) is 24.0 Å². The largest absolute Gasteiger partial charge is 0.480 e. The average Bonchev–Trinajstić information content (AvgIpc) is 3.17. The molecule has 2 aromatic rings. The molecule has 0 aliphatic carbocycles. The molecule has 3 rings (SSSR count). The van der Waals surface area contributed by atoms with Crippen molar-refractivity contribution in [3.8, 4) is 0 Å². The molecule has 0 spiro atoms. The van der Waals surface area contributed by atoms with Gasteiger partial charge in [0.05, 0.1) is 18.0 Å². The minimum absolute atomic E-state index is 0.166. The molecule has 1 atom stereocenters. The Labute approximate surface area is 150 Å². The Hall–Kier alpha value is -2.22. The summed E-state index contributed by atoms with van der Waals surface area (Å²) in [5, 5.41) is 17.7. The fourth-order valence-electron chi connectivity index (χ4n) is 3.19. The van der Waals surface area contributed by atoms with Gasteiger partial charge in [-0.3, -0.25) is 4.79 Å². The second-order valence-corrected chi connectivity index (χ2v) is 7.36. The van der Waals surface area contributed by atoms with Crippen molar-refractivity contribution in [2.75, 3.05) is 0 Å². The number of aryl methyl sites for hydroxylation is 3. The van der Waals surface area contributed by atoms with Crippen LogP contribution in [0.15, 0.2) is 6.07 Å². The van der Waals surface area contributed by atoms with E-state index in [0.29, 0.717) is 16.5 Å². The predicted molar refractivity (Wildman–Crippen MR) is 93.7 cm³/mol. The molecule has 0 saturated carbocycles. The van der Waals surface area contributed by atoms with Crippen molar-refractivity contribution in [1.29, 1.82) is 0 Å². The van der Waals surface area contributed by atoms with E-state index in [4.69, 9.17) is 0 Å². The van der Waals surface area contributed by atoms with E-state index in [1.165, 1.54) is 26.7 Å². The molecular weight excluding hydrogens is 340 g/mol. The van der Waals surface area contributed by atoms with E-state index < -0.39 is 12.0 Å². The maximum Gasteiger partial charge on any atom is 0.328 e. The van der Waals surface area contributed by atoms with Crippen LogP contribution in [0.3, 0.4) is 0 Å². The van der Waals surface area contributed by atoms with E-state index >= 15 is 0 Å². The molecule has 3 heterocycles. The first-order valence-electron chi connectivity index (χ1n) is 8.50. The van der Waals surface area contributed by atoms with Gasteiger partial charge < -0.3 is 14.6 Å². The van der Waals surface area contributed by atoms with Crippen molar-refractivity contribution < 1.29 is 14.7 Å². The molecule has 0 bridgehead atoms. The van der Waals surface area contributed by atoms with Crippen LogP contribution in [0.5, 0.6) is 0 Å². The molecule has 134 valence electrons. The zero-order chi connectivity index (χ0) is 18.1. The van der Waals surface area contributed by atoms with Crippen LogP contribution in [-0.4, -0.2) is 42.7 Å². The van der Waals surface area contributed by atoms with Crippen LogP contribution in [0.25, 0.3) is 0 Å². The molecule has 1 amide bonds. The van der Waals surface area contributed by atoms with Gasteiger partial charge in [-0.05, 0) is 31.4 Å². The number of carbonyl (C=O) groups excluding carboxylic acids is 1. The summed E-state index contributed by atoms with van der Waals surface area (Å²) < 4.78 is 1.77. The highest BCUT2D eigenvalue weighted by molar-refractivity contribution is 7.14. The van der Waals surface area contributed by atoms with Gasteiger partial charge in [-0.15, -0.1) is 21.5 Å². The Morgan fingerprint density at radius 1 is 1.36 bits per heavy atom. The molecule has 8 heteroatoms. The van der Waals surface area contributed by atoms with Crippen LogP contribution >= 0.6 is 11.3 Å². The number of rotatable bonds is 5. The van der Waals surface area contributed by atoms with Crippen molar-refractivity contribution in [2.45, 2.75) is 59.2 Å². The standard InChI is InChI=1S/C17H22N4O3S/c1-4-6-13-11(5-2)7-14(25-13)16(22)21-9-15-19-18-10(3)20(15)8-12(21)17(23)24/h7,12H,4-6,8-9H2,1-3H3,(H,23,24). The maximum atomic E-state index is 13.0. The highest BCUT2D eigenvalue weighted by Crippen LogP contribution is 2.28. The molecule has 0 radical (unpaired) electrons. The van der Waals surface area contributed by atoms with E-state index in [0.717, 1.165) is 19.3 Å². The van der Waals surface area contributed by atoms with E-state index in [9.17, 15) is 14.7 Å². The Morgan fingerprint density at radius 3 is 2.76 bits per heavy atom. The lowest BCUT2D eigenvalue weighted by Crippen LogP contribution is -2.50. The molecule has 0 fully saturated rings. The van der Waals surface area contributed by atoms with E-state index in [-0.39, 0.29) is 19.0 Å². The molecule has 25 heavy (non-hydrogen) atoms. The van der Waals surface area contributed by atoms with Gasteiger partial charge in [0.2, 0.25) is 0 Å². The number of fused-ring (bicyclic) bond motifs is 1. The highest BCUT2D eigenvalue weighted by Gasteiger charge is 2.37. The van der Waals surface area contributed by atoms with Gasteiger partial charge in [-0.1, -0.05) is 20.3 Å². The molecule has 1 aliphatic rings. The third-order valence-electron chi connectivity index (χ3n) is 4.57. The summed E-state index contributed by atoms with van der Waals surface area (Å²) in [5.41, 5.74) is 1.18. The van der Waals surface area contributed by atoms with Crippen molar-refractivity contribution in [3.63, 3.8) is 0 Å². The lowest BCUT2D eigenvalue weighted by Gasteiger charge is -2.33. The zero-order valence-electron chi connectivity index (χ0n) is 14.7. The first kappa shape index (κ1) is 17.6. The van der Waals surface area contributed by atoms with Gasteiger partial charge in [-0.2, -0.15) is 0 Å². The Kier molecular flexibility index (Phi) is 4.89. The van der Waals surface area contributed by atoms with Gasteiger partial charge in [0.1, 0.15) is 11.9 Å². The zero-order valence-corrected chi connectivity index (χ0v) is 15.5. The summed E-state index contributed by atoms with van der Waals surface area (Å²) in [6.07, 6.45) is 2.83. The number of nitrogens with zero attached hydrogens (tertiary/aromatic N) is 4. The van der Waals surface area contributed by atoms with Crippen LogP contribution in [0, 0.1) is 6.92 Å². The molecular formula is C17H22N4O3S. The van der Waals surface area contributed by atoms with Gasteiger partial charge in [-0.25, -0.2) is 4.79 Å². The number of thiophene rings is 1. The summed E-state index contributed by atoms with van der Waals surface area (Å²) >= 11 is 1.48. The maximum absolute atomic E-state index is 13.0. The normalized spacial score (nSPS) is 16.8. The van der Waals surface area contributed by atoms with Gasteiger partial charge in [0.15, 0.2) is 5.82 Å². The number of aliphatic carboxylic acids is 1. The molecule has 1 aliphatic heterocycles. The molecule has 0 saturated heterocycles. The molecule has 7 nitrogen and oxygen atoms in total. The number of hydrogen-bond donors (Lipinski definition) is 1. The fraction of sp³-hybridized carbons (Fsp3) is 0.529. The minimum Gasteiger partial charge on any atom is -0.480 e. The molecule has 1 unspecified atom stereocenters. The lowest BCUT2D eigenvalue weighted by atomic mass is 10.1. The summed E-state index contributed by atoms with van der Waals surface area (Å²) in [6, 6.07) is 1.01. The summed E-state index contributed by atoms with van der Waals surface area (Å²) in [5.74, 6) is 0.0573. The molecule has 1 N–H and O–H groups in total. The van der Waals surface area contributed by atoms with Crippen LogP contribution in [0.1, 0.15) is 52.0 Å². The number of carboxylic acids is 1. The van der Waals surface area contributed by atoms with Crippen LogP contribution in [-0.2, 0) is 30.7 Å². The Morgan fingerprint density at radius 2 is 2.12 bits per heavy atom. The van der Waals surface area contributed by atoms with Crippen molar-refractivity contribution in [3.05, 3.63) is 33.0 Å². The van der Waals surface area contributed by atoms with Crippen LogP contribution < -0.4 is 0 Å². The molecule has 0 aromatic carbocycles. The fourth-order valence-corrected chi connectivity index (χ4v) is 4.50. The van der Waals surface area contributed by atoms with Crippen molar-refractivity contribution >= 4 is 23.2 Å². The lowest BCUT2D eigenvalue weighted by molar-refractivity contribution is -0.143. The third kappa shape index (κ3) is 3.18. The average molecular weight is 362 g/mol. The van der Waals surface area contributed by atoms with Gasteiger partial charge >= 0.3 is 5.97 Å². The quantitative estimate of drug-likeness (QED) is 0.881. The second kappa shape index (κ2) is 6.95. The van der Waals surface area contributed by atoms with E-state index in [1.807, 2.05) is 6.07 Å². The Bertz CT molecular complexity index is 811. The number of amides is 1. The summed E-state index contributed by atoms with van der Waals surface area (Å²) in [7, 11) is 0. The predicted octanol–water partition coefficient (Wildman–Crippen LogP) is 2.27. The van der Waals surface area contributed by atoms with Crippen LogP contribution in [0.4, 0.5) is 0 Å². The van der Waals surface area contributed by atoms with Gasteiger partial charge in [0, 0.05) is 4.88 Å². The van der Waals surface area contributed by atoms with Crippen molar-refractivity contribution in [1.82, 2.24) is 19.7 Å². The topological polar surface area (TPSA) is 88.3 Å². The number of carbonyl (C=O) groups is 2. The number of aromatic nitrogens is 3. The van der Waals surface area contributed by atoms with Crippen LogP contribution in [0.2, 0.25) is 0 Å². The second-order valence-electron chi connectivity index (χ2n) is 6.22. The number of carboxylic acid groups (broad SMARTS) is 1. The summed E-state index contributed by atoms with van der Waals surface area (Å²) in [6.45, 7) is 6.32. The highest BCUT2D eigenvalue weighted by atomic mass is 32.1. The SMILES string of the molecule is CCCc1sc(C(=O)N2Cc3nnc(C)n3CC2C(=O)O)cc1CC. The third-order valence-corrected chi connectivity index (χ3v) is 5.79. The van der Waals surface area contributed by atoms with E-state index in [1.54, 1.807) is 11.5 Å². The monoisotopic (exact) mass is 362 g/mol. The smallest absolute Gasteiger partial charge is 0.328 e. The van der Waals surface area contributed by atoms with Crippen molar-refractivity contribution in [2.24, 2.45) is 0 Å². The summed E-state index contributed by atoms with van der Waals surface area (Å²) in [4.78, 5) is 28.0. The first-order chi connectivity index (χ1) is 12.0. The minimum atomic E-state index is -1.01.